The van der Waals surface area contributed by atoms with Crippen LogP contribution in [0.15, 0.2) is 4.47 Å². The predicted molar refractivity (Wildman–Crippen MR) is 93.1 cm³/mol. The summed E-state index contributed by atoms with van der Waals surface area (Å²) in [6, 6.07) is 0.310. The number of aryl methyl sites for hydroxylation is 2. The molecule has 1 aromatic rings. The molecule has 5 heteroatoms. The summed E-state index contributed by atoms with van der Waals surface area (Å²) in [6.07, 6.45) is 6.79. The maximum absolute atomic E-state index is 5.85. The lowest BCUT2D eigenvalue weighted by Gasteiger charge is -2.26. The molecular formula is C16H31BrN4. The van der Waals surface area contributed by atoms with Gasteiger partial charge in [0, 0.05) is 19.0 Å². The van der Waals surface area contributed by atoms with Crippen molar-refractivity contribution in [3.8, 4) is 0 Å². The molecule has 122 valence electrons. The van der Waals surface area contributed by atoms with Gasteiger partial charge in [0.1, 0.15) is 0 Å². The highest BCUT2D eigenvalue weighted by atomic mass is 79.9. The highest BCUT2D eigenvalue weighted by molar-refractivity contribution is 9.10. The van der Waals surface area contributed by atoms with E-state index in [1.807, 2.05) is 0 Å². The van der Waals surface area contributed by atoms with Gasteiger partial charge in [0.25, 0.3) is 0 Å². The van der Waals surface area contributed by atoms with Crippen LogP contribution < -0.4 is 11.3 Å². The molecule has 1 rings (SSSR count). The molecule has 0 radical (unpaired) electrons. The van der Waals surface area contributed by atoms with Crippen LogP contribution in [0.3, 0.4) is 0 Å². The number of nitrogens with two attached hydrogens (primary N) is 1. The molecule has 0 fully saturated rings. The molecule has 0 bridgehead atoms. The predicted octanol–water partition coefficient (Wildman–Crippen LogP) is 3.82. The fraction of sp³-hybridized carbons (Fsp3) is 0.812. The molecular weight excluding hydrogens is 328 g/mol. The van der Waals surface area contributed by atoms with Crippen molar-refractivity contribution in [2.75, 3.05) is 0 Å². The van der Waals surface area contributed by atoms with Gasteiger partial charge in [0.15, 0.2) is 0 Å². The number of rotatable bonds is 10. The number of unbranched alkanes of at least 4 members (excludes halogenated alkanes) is 1. The third kappa shape index (κ3) is 4.80. The van der Waals surface area contributed by atoms with Crippen LogP contribution in [0.2, 0.25) is 0 Å². The van der Waals surface area contributed by atoms with Crippen LogP contribution in [0, 0.1) is 5.92 Å². The van der Waals surface area contributed by atoms with Gasteiger partial charge in [-0.15, -0.1) is 0 Å². The third-order valence-electron chi connectivity index (χ3n) is 4.34. The number of aromatic nitrogens is 2. The number of hydrogen-bond donors (Lipinski definition) is 2. The minimum atomic E-state index is 0.310. The van der Waals surface area contributed by atoms with Crippen molar-refractivity contribution in [1.82, 2.24) is 15.2 Å². The van der Waals surface area contributed by atoms with Gasteiger partial charge in [-0.1, -0.05) is 40.0 Å². The molecule has 0 aliphatic heterocycles. The average Bonchev–Trinajstić information content (AvgIpc) is 2.82. The summed E-state index contributed by atoms with van der Waals surface area (Å²) in [5, 5.41) is 4.68. The Bertz CT molecular complexity index is 417. The van der Waals surface area contributed by atoms with E-state index in [2.05, 4.69) is 58.8 Å². The summed E-state index contributed by atoms with van der Waals surface area (Å²) in [6.45, 7) is 9.69. The molecule has 0 spiro atoms. The van der Waals surface area contributed by atoms with Gasteiger partial charge in [0.05, 0.1) is 15.9 Å². The van der Waals surface area contributed by atoms with E-state index in [4.69, 9.17) is 5.84 Å². The monoisotopic (exact) mass is 358 g/mol. The Morgan fingerprint density at radius 1 is 1.29 bits per heavy atom. The number of nitrogens with one attached hydrogen (secondary N) is 1. The van der Waals surface area contributed by atoms with Gasteiger partial charge in [-0.3, -0.25) is 16.0 Å². The molecule has 0 aliphatic rings. The minimum Gasteiger partial charge on any atom is -0.271 e. The Labute approximate surface area is 138 Å². The molecule has 1 heterocycles. The van der Waals surface area contributed by atoms with E-state index in [9.17, 15) is 0 Å². The van der Waals surface area contributed by atoms with Gasteiger partial charge in [-0.25, -0.2) is 0 Å². The van der Waals surface area contributed by atoms with E-state index in [1.54, 1.807) is 0 Å². The Hall–Kier alpha value is -0.390. The lowest BCUT2D eigenvalue weighted by Crippen LogP contribution is -2.42. The topological polar surface area (TPSA) is 55.9 Å². The van der Waals surface area contributed by atoms with Crippen LogP contribution in [0.5, 0.6) is 0 Å². The summed E-state index contributed by atoms with van der Waals surface area (Å²) in [4.78, 5) is 0. The highest BCUT2D eigenvalue weighted by Crippen LogP contribution is 2.26. The van der Waals surface area contributed by atoms with Crippen LogP contribution in [0.4, 0.5) is 0 Å². The molecule has 0 aromatic carbocycles. The molecule has 2 atom stereocenters. The fourth-order valence-corrected chi connectivity index (χ4v) is 3.66. The molecule has 0 saturated heterocycles. The molecule has 0 aliphatic carbocycles. The summed E-state index contributed by atoms with van der Waals surface area (Å²) < 4.78 is 3.28. The highest BCUT2D eigenvalue weighted by Gasteiger charge is 2.23. The van der Waals surface area contributed by atoms with E-state index in [1.165, 1.54) is 25.0 Å². The van der Waals surface area contributed by atoms with Crippen LogP contribution in [0.25, 0.3) is 0 Å². The van der Waals surface area contributed by atoms with E-state index >= 15 is 0 Å². The normalized spacial score (nSPS) is 14.4. The van der Waals surface area contributed by atoms with Crippen LogP contribution in [0.1, 0.15) is 64.8 Å². The zero-order valence-corrected chi connectivity index (χ0v) is 15.5. The van der Waals surface area contributed by atoms with Gasteiger partial charge >= 0.3 is 0 Å². The number of hydrogen-bond acceptors (Lipinski definition) is 3. The van der Waals surface area contributed by atoms with Crippen molar-refractivity contribution in [3.05, 3.63) is 15.9 Å². The van der Waals surface area contributed by atoms with E-state index in [-0.39, 0.29) is 0 Å². The Kier molecular flexibility index (Phi) is 8.52. The van der Waals surface area contributed by atoms with Crippen LogP contribution in [-0.2, 0) is 19.4 Å². The smallest absolute Gasteiger partial charge is 0.0766 e. The molecule has 1 aromatic heterocycles. The van der Waals surface area contributed by atoms with E-state index in [0.717, 1.165) is 36.0 Å². The quantitative estimate of drug-likeness (QED) is 0.493. The van der Waals surface area contributed by atoms with Crippen molar-refractivity contribution in [2.24, 2.45) is 11.8 Å². The Balaban J connectivity index is 2.92. The molecule has 3 N–H and O–H groups in total. The second-order valence-electron chi connectivity index (χ2n) is 5.66. The molecule has 2 unspecified atom stereocenters. The number of halogens is 1. The third-order valence-corrected chi connectivity index (χ3v) is 5.26. The SMILES string of the molecule is CCCCC(CC)C(Cc1c(Br)c(CC)nn1CC)NN. The number of nitrogens with zero attached hydrogens (tertiary/aromatic N) is 2. The second-order valence-corrected chi connectivity index (χ2v) is 6.46. The largest absolute Gasteiger partial charge is 0.271 e. The van der Waals surface area contributed by atoms with Crippen molar-refractivity contribution >= 4 is 15.9 Å². The molecule has 0 amide bonds. The first-order valence-corrected chi connectivity index (χ1v) is 9.12. The first-order valence-electron chi connectivity index (χ1n) is 8.32. The Morgan fingerprint density at radius 3 is 2.48 bits per heavy atom. The van der Waals surface area contributed by atoms with Gasteiger partial charge in [0.2, 0.25) is 0 Å². The first kappa shape index (κ1) is 18.7. The molecule has 0 saturated carbocycles. The Morgan fingerprint density at radius 2 is 2.00 bits per heavy atom. The maximum Gasteiger partial charge on any atom is 0.0766 e. The van der Waals surface area contributed by atoms with Gasteiger partial charge in [-0.05, 0) is 41.6 Å². The van der Waals surface area contributed by atoms with Crippen molar-refractivity contribution in [2.45, 2.75) is 78.8 Å². The summed E-state index contributed by atoms with van der Waals surface area (Å²) in [5.41, 5.74) is 5.47. The molecule has 4 nitrogen and oxygen atoms in total. The lowest BCUT2D eigenvalue weighted by molar-refractivity contribution is 0.313. The maximum atomic E-state index is 5.85. The van der Waals surface area contributed by atoms with E-state index in [0.29, 0.717) is 12.0 Å². The number of hydrazine groups is 1. The standard InChI is InChI=1S/C16H31BrN4/c1-5-9-10-12(6-2)14(19-18)11-15-16(17)13(7-3)20-21(15)8-4/h12,14,19H,5-11,18H2,1-4H3. The van der Waals surface area contributed by atoms with Crippen LogP contribution >= 0.6 is 15.9 Å². The average molecular weight is 359 g/mol. The van der Waals surface area contributed by atoms with Crippen molar-refractivity contribution < 1.29 is 0 Å². The summed E-state index contributed by atoms with van der Waals surface area (Å²) >= 11 is 3.73. The van der Waals surface area contributed by atoms with Crippen LogP contribution in [-0.4, -0.2) is 15.8 Å². The zero-order valence-electron chi connectivity index (χ0n) is 14.0. The van der Waals surface area contributed by atoms with Gasteiger partial charge in [-0.2, -0.15) is 5.10 Å². The fourth-order valence-electron chi connectivity index (χ4n) is 2.94. The second kappa shape index (κ2) is 9.59. The minimum absolute atomic E-state index is 0.310. The van der Waals surface area contributed by atoms with Gasteiger partial charge < -0.3 is 0 Å². The zero-order chi connectivity index (χ0) is 15.8. The summed E-state index contributed by atoms with van der Waals surface area (Å²) in [7, 11) is 0. The van der Waals surface area contributed by atoms with Crippen molar-refractivity contribution in [3.63, 3.8) is 0 Å². The summed E-state index contributed by atoms with van der Waals surface area (Å²) in [5.74, 6) is 6.47. The lowest BCUT2D eigenvalue weighted by atomic mass is 9.89. The van der Waals surface area contributed by atoms with E-state index < -0.39 is 0 Å². The van der Waals surface area contributed by atoms with Crippen molar-refractivity contribution in [1.29, 1.82) is 0 Å². The first-order chi connectivity index (χ1) is 10.1. The molecule has 21 heavy (non-hydrogen) atoms.